The number of carbonyl (C=O) groups excluding carboxylic acids is 1. The Bertz CT molecular complexity index is 400. The van der Waals surface area contributed by atoms with Gasteiger partial charge in [-0.1, -0.05) is 0 Å². The van der Waals surface area contributed by atoms with Crippen molar-refractivity contribution in [3.63, 3.8) is 0 Å². The average Bonchev–Trinajstić information content (AvgIpc) is 2.34. The van der Waals surface area contributed by atoms with Crippen LogP contribution in [0.25, 0.3) is 0 Å². The van der Waals surface area contributed by atoms with Crippen LogP contribution in [0.15, 0.2) is 24.5 Å². The molecule has 0 unspecified atom stereocenters. The second-order valence-electron chi connectivity index (χ2n) is 5.40. The molecule has 1 aromatic heterocycles. The summed E-state index contributed by atoms with van der Waals surface area (Å²) in [7, 11) is 0. The molecule has 1 fully saturated rings. The zero-order chi connectivity index (χ0) is 13.7. The third-order valence-electron chi connectivity index (χ3n) is 3.31. The first-order chi connectivity index (χ1) is 9.13. The van der Waals surface area contributed by atoms with Gasteiger partial charge in [-0.2, -0.15) is 0 Å². The molecule has 19 heavy (non-hydrogen) atoms. The lowest BCUT2D eigenvalue weighted by Crippen LogP contribution is -2.48. The Morgan fingerprint density at radius 1 is 1.42 bits per heavy atom. The SMILES string of the molecule is CC(C)OC1CC(NC(=O)CCc2ccncc2)C1. The van der Waals surface area contributed by atoms with Gasteiger partial charge in [-0.25, -0.2) is 0 Å². The fourth-order valence-corrected chi connectivity index (χ4v) is 2.29. The predicted molar refractivity (Wildman–Crippen MR) is 73.7 cm³/mol. The summed E-state index contributed by atoms with van der Waals surface area (Å²) in [5, 5.41) is 3.06. The van der Waals surface area contributed by atoms with E-state index in [-0.39, 0.29) is 12.0 Å². The Balaban J connectivity index is 1.61. The number of pyridine rings is 1. The molecule has 1 aromatic rings. The highest BCUT2D eigenvalue weighted by molar-refractivity contribution is 5.76. The average molecular weight is 262 g/mol. The van der Waals surface area contributed by atoms with Crippen LogP contribution < -0.4 is 5.32 Å². The number of carbonyl (C=O) groups is 1. The number of hydrogen-bond donors (Lipinski definition) is 1. The van der Waals surface area contributed by atoms with E-state index in [0.29, 0.717) is 18.6 Å². The van der Waals surface area contributed by atoms with Gasteiger partial charge in [0.25, 0.3) is 0 Å². The van der Waals surface area contributed by atoms with E-state index in [2.05, 4.69) is 10.3 Å². The molecule has 2 rings (SSSR count). The molecule has 0 spiro atoms. The predicted octanol–water partition coefficient (Wildman–Crippen LogP) is 2.09. The molecule has 0 radical (unpaired) electrons. The van der Waals surface area contributed by atoms with Crippen LogP contribution in [-0.2, 0) is 16.0 Å². The number of amides is 1. The normalized spacial score (nSPS) is 22.1. The second kappa shape index (κ2) is 6.66. The minimum Gasteiger partial charge on any atom is -0.375 e. The number of rotatable bonds is 6. The smallest absolute Gasteiger partial charge is 0.220 e. The molecule has 1 aliphatic carbocycles. The van der Waals surface area contributed by atoms with E-state index in [0.717, 1.165) is 24.8 Å². The maximum atomic E-state index is 11.8. The number of aryl methyl sites for hydroxylation is 1. The van der Waals surface area contributed by atoms with Gasteiger partial charge in [0.2, 0.25) is 5.91 Å². The van der Waals surface area contributed by atoms with Crippen molar-refractivity contribution >= 4 is 5.91 Å². The van der Waals surface area contributed by atoms with Gasteiger partial charge in [-0.15, -0.1) is 0 Å². The van der Waals surface area contributed by atoms with E-state index in [1.165, 1.54) is 0 Å². The topological polar surface area (TPSA) is 51.2 Å². The molecule has 4 nitrogen and oxygen atoms in total. The molecule has 1 aliphatic rings. The van der Waals surface area contributed by atoms with E-state index < -0.39 is 0 Å². The molecule has 1 saturated carbocycles. The molecule has 0 atom stereocenters. The molecule has 4 heteroatoms. The van der Waals surface area contributed by atoms with Gasteiger partial charge in [0, 0.05) is 24.9 Å². The number of hydrogen-bond acceptors (Lipinski definition) is 3. The number of ether oxygens (including phenoxy) is 1. The van der Waals surface area contributed by atoms with Crippen LogP contribution >= 0.6 is 0 Å². The van der Waals surface area contributed by atoms with Gasteiger partial charge in [0.15, 0.2) is 0 Å². The lowest BCUT2D eigenvalue weighted by atomic mass is 9.89. The highest BCUT2D eigenvalue weighted by Crippen LogP contribution is 2.24. The number of nitrogens with zero attached hydrogens (tertiary/aromatic N) is 1. The van der Waals surface area contributed by atoms with E-state index >= 15 is 0 Å². The zero-order valence-electron chi connectivity index (χ0n) is 11.6. The van der Waals surface area contributed by atoms with Crippen molar-refractivity contribution in [1.29, 1.82) is 0 Å². The van der Waals surface area contributed by atoms with Crippen molar-refractivity contribution in [1.82, 2.24) is 10.3 Å². The zero-order valence-corrected chi connectivity index (χ0v) is 11.6. The number of nitrogens with one attached hydrogen (secondary N) is 1. The first kappa shape index (κ1) is 14.0. The van der Waals surface area contributed by atoms with Crippen LogP contribution in [0.2, 0.25) is 0 Å². The van der Waals surface area contributed by atoms with Gasteiger partial charge in [-0.05, 0) is 50.8 Å². The standard InChI is InChI=1S/C15H22N2O2/c1-11(2)19-14-9-13(10-14)17-15(18)4-3-12-5-7-16-8-6-12/h5-8,11,13-14H,3-4,9-10H2,1-2H3,(H,17,18). The summed E-state index contributed by atoms with van der Waals surface area (Å²) in [5.41, 5.74) is 1.15. The summed E-state index contributed by atoms with van der Waals surface area (Å²) >= 11 is 0. The van der Waals surface area contributed by atoms with Gasteiger partial charge >= 0.3 is 0 Å². The van der Waals surface area contributed by atoms with Crippen molar-refractivity contribution < 1.29 is 9.53 Å². The Morgan fingerprint density at radius 3 is 2.74 bits per heavy atom. The summed E-state index contributed by atoms with van der Waals surface area (Å²) in [5.74, 6) is 0.129. The van der Waals surface area contributed by atoms with Crippen LogP contribution in [0.1, 0.15) is 38.7 Å². The first-order valence-corrected chi connectivity index (χ1v) is 6.97. The van der Waals surface area contributed by atoms with Gasteiger partial charge in [-0.3, -0.25) is 9.78 Å². The van der Waals surface area contributed by atoms with Crippen molar-refractivity contribution in [2.45, 2.75) is 57.8 Å². The van der Waals surface area contributed by atoms with Gasteiger partial charge in [0.05, 0.1) is 12.2 Å². The molecular formula is C15H22N2O2. The second-order valence-corrected chi connectivity index (χ2v) is 5.40. The highest BCUT2D eigenvalue weighted by Gasteiger charge is 2.31. The van der Waals surface area contributed by atoms with E-state index in [1.54, 1.807) is 12.4 Å². The summed E-state index contributed by atoms with van der Waals surface area (Å²) in [4.78, 5) is 15.7. The van der Waals surface area contributed by atoms with E-state index in [1.807, 2.05) is 26.0 Å². The van der Waals surface area contributed by atoms with Crippen molar-refractivity contribution in [3.8, 4) is 0 Å². The van der Waals surface area contributed by atoms with Crippen LogP contribution in [0, 0.1) is 0 Å². The molecule has 0 aromatic carbocycles. The maximum absolute atomic E-state index is 11.8. The molecule has 0 aliphatic heterocycles. The molecule has 0 bridgehead atoms. The van der Waals surface area contributed by atoms with Gasteiger partial charge < -0.3 is 10.1 Å². The van der Waals surface area contributed by atoms with Crippen LogP contribution in [0.3, 0.4) is 0 Å². The third kappa shape index (κ3) is 4.63. The molecular weight excluding hydrogens is 240 g/mol. The lowest BCUT2D eigenvalue weighted by molar-refractivity contribution is -0.124. The molecule has 1 amide bonds. The van der Waals surface area contributed by atoms with E-state index in [4.69, 9.17) is 4.74 Å². The summed E-state index contributed by atoms with van der Waals surface area (Å²) in [6, 6.07) is 4.19. The Hall–Kier alpha value is -1.42. The fraction of sp³-hybridized carbons (Fsp3) is 0.600. The third-order valence-corrected chi connectivity index (χ3v) is 3.31. The Kier molecular flexibility index (Phi) is 4.91. The van der Waals surface area contributed by atoms with E-state index in [9.17, 15) is 4.79 Å². The van der Waals surface area contributed by atoms with Crippen LogP contribution in [0.5, 0.6) is 0 Å². The largest absolute Gasteiger partial charge is 0.375 e. The summed E-state index contributed by atoms with van der Waals surface area (Å²) in [6.45, 7) is 4.08. The lowest BCUT2D eigenvalue weighted by Gasteiger charge is -2.36. The number of aromatic nitrogens is 1. The monoisotopic (exact) mass is 262 g/mol. The van der Waals surface area contributed by atoms with Crippen LogP contribution in [0.4, 0.5) is 0 Å². The Labute approximate surface area is 114 Å². The minimum atomic E-state index is 0.129. The van der Waals surface area contributed by atoms with Crippen molar-refractivity contribution in [3.05, 3.63) is 30.1 Å². The maximum Gasteiger partial charge on any atom is 0.220 e. The molecule has 1 heterocycles. The molecule has 0 saturated heterocycles. The molecule has 104 valence electrons. The van der Waals surface area contributed by atoms with Gasteiger partial charge in [0.1, 0.15) is 0 Å². The quantitative estimate of drug-likeness (QED) is 0.854. The Morgan fingerprint density at radius 2 is 2.11 bits per heavy atom. The fourth-order valence-electron chi connectivity index (χ4n) is 2.29. The van der Waals surface area contributed by atoms with Crippen LogP contribution in [-0.4, -0.2) is 29.1 Å². The minimum absolute atomic E-state index is 0.129. The first-order valence-electron chi connectivity index (χ1n) is 6.97. The van der Waals surface area contributed by atoms with Crippen molar-refractivity contribution in [2.75, 3.05) is 0 Å². The highest BCUT2D eigenvalue weighted by atomic mass is 16.5. The molecule has 1 N–H and O–H groups in total. The summed E-state index contributed by atoms with van der Waals surface area (Å²) < 4.78 is 5.67. The van der Waals surface area contributed by atoms with Crippen molar-refractivity contribution in [2.24, 2.45) is 0 Å². The summed E-state index contributed by atoms with van der Waals surface area (Å²) in [6.07, 6.45) is 7.31.